The Bertz CT molecular complexity index is 1310. The van der Waals surface area contributed by atoms with Gasteiger partial charge in [-0.2, -0.15) is 0 Å². The van der Waals surface area contributed by atoms with Crippen molar-refractivity contribution >= 4 is 16.9 Å². The minimum atomic E-state index is -1.48. The van der Waals surface area contributed by atoms with E-state index in [1.165, 1.54) is 7.11 Å². The van der Waals surface area contributed by atoms with Crippen LogP contribution in [0.4, 0.5) is 17.6 Å². The van der Waals surface area contributed by atoms with Gasteiger partial charge >= 0.3 is 5.97 Å². The van der Waals surface area contributed by atoms with Gasteiger partial charge in [-0.25, -0.2) is 17.6 Å². The van der Waals surface area contributed by atoms with Gasteiger partial charge in [-0.15, -0.1) is 0 Å². The fraction of sp³-hybridized carbons (Fsp3) is 0.448. The van der Waals surface area contributed by atoms with Crippen molar-refractivity contribution < 1.29 is 37.3 Å². The monoisotopic (exact) mass is 548 g/mol. The molecule has 0 amide bonds. The van der Waals surface area contributed by atoms with Crippen LogP contribution in [0.5, 0.6) is 5.75 Å². The summed E-state index contributed by atoms with van der Waals surface area (Å²) in [5.74, 6) is -4.94. The molecule has 1 aliphatic rings. The number of hydrogen-bond donors (Lipinski definition) is 2. The maximum absolute atomic E-state index is 14.8. The van der Waals surface area contributed by atoms with Gasteiger partial charge in [-0.1, -0.05) is 0 Å². The quantitative estimate of drug-likeness (QED) is 0.233. The van der Waals surface area contributed by atoms with Crippen molar-refractivity contribution in [2.24, 2.45) is 5.41 Å². The van der Waals surface area contributed by atoms with Crippen molar-refractivity contribution in [2.75, 3.05) is 26.7 Å². The predicted octanol–water partition coefficient (Wildman–Crippen LogP) is 5.80. The number of halogens is 4. The average Bonchev–Trinajstić information content (AvgIpc) is 2.90. The first-order chi connectivity index (χ1) is 18.6. The number of nitrogens with zero attached hydrogens (tertiary/aromatic N) is 2. The standard InChI is InChI=1S/C29H32F4N2O4/c1-39-19-4-5-24-20(15-19)27(23(32)17-34-24)25(36)6-7-29(16-26(37)38)8-11-35(12-9-29)10-2-3-18-13-21(30)28(33)22(31)14-18/h4-5,13-15,17,25,36H,2-3,6-12,16H2,1H3,(H,37,38). The van der Waals surface area contributed by atoms with E-state index in [0.717, 1.165) is 18.3 Å². The molecule has 0 aliphatic carbocycles. The van der Waals surface area contributed by atoms with E-state index >= 15 is 0 Å². The number of benzene rings is 2. The molecule has 2 aromatic carbocycles. The number of carboxylic acids is 1. The van der Waals surface area contributed by atoms with Crippen LogP contribution >= 0.6 is 0 Å². The molecule has 6 nitrogen and oxygen atoms in total. The molecule has 0 spiro atoms. The summed E-state index contributed by atoms with van der Waals surface area (Å²) in [5.41, 5.74) is 0.469. The number of aliphatic hydroxyl groups excluding tert-OH is 1. The maximum Gasteiger partial charge on any atom is 0.303 e. The topological polar surface area (TPSA) is 82.9 Å². The summed E-state index contributed by atoms with van der Waals surface area (Å²) in [7, 11) is 1.49. The molecule has 1 aliphatic heterocycles. The lowest BCUT2D eigenvalue weighted by Gasteiger charge is -2.41. The Morgan fingerprint density at radius 1 is 1.10 bits per heavy atom. The van der Waals surface area contributed by atoms with Crippen LogP contribution in [-0.2, 0) is 11.2 Å². The zero-order chi connectivity index (χ0) is 28.2. The number of aliphatic carboxylic acids is 1. The first-order valence-electron chi connectivity index (χ1n) is 13.0. The highest BCUT2D eigenvalue weighted by atomic mass is 19.2. The van der Waals surface area contributed by atoms with Crippen LogP contribution in [0.3, 0.4) is 0 Å². The molecular formula is C29H32F4N2O4. The van der Waals surface area contributed by atoms with E-state index in [-0.39, 0.29) is 18.4 Å². The Morgan fingerprint density at radius 3 is 2.44 bits per heavy atom. The number of aryl methyl sites for hydroxylation is 1. The third-order valence-electron chi connectivity index (χ3n) is 7.78. The summed E-state index contributed by atoms with van der Waals surface area (Å²) in [6.07, 6.45) is 2.60. The maximum atomic E-state index is 14.8. The smallest absolute Gasteiger partial charge is 0.303 e. The Hall–Kier alpha value is -3.24. The van der Waals surface area contributed by atoms with E-state index in [2.05, 4.69) is 9.88 Å². The second-order valence-electron chi connectivity index (χ2n) is 10.3. The molecule has 0 bridgehead atoms. The van der Waals surface area contributed by atoms with E-state index in [4.69, 9.17) is 4.74 Å². The van der Waals surface area contributed by atoms with Crippen molar-refractivity contribution in [1.29, 1.82) is 0 Å². The highest BCUT2D eigenvalue weighted by Crippen LogP contribution is 2.42. The third-order valence-corrected chi connectivity index (χ3v) is 7.78. The summed E-state index contributed by atoms with van der Waals surface area (Å²) >= 11 is 0. The Labute approximate surface area is 224 Å². The SMILES string of the molecule is COc1ccc2ncc(F)c(C(O)CCC3(CC(=O)O)CCN(CCCc4cc(F)c(F)c(F)c4)CC3)c2c1. The van der Waals surface area contributed by atoms with Crippen molar-refractivity contribution in [3.8, 4) is 5.75 Å². The highest BCUT2D eigenvalue weighted by Gasteiger charge is 2.37. The van der Waals surface area contributed by atoms with Gasteiger partial charge in [0, 0.05) is 10.9 Å². The average molecular weight is 549 g/mol. The molecule has 4 rings (SSSR count). The molecule has 1 atom stereocenters. The van der Waals surface area contributed by atoms with Gasteiger partial charge in [-0.05, 0) is 99.5 Å². The van der Waals surface area contributed by atoms with Crippen LogP contribution < -0.4 is 4.74 Å². The molecule has 1 saturated heterocycles. The van der Waals surface area contributed by atoms with Gasteiger partial charge in [0.2, 0.25) is 0 Å². The lowest BCUT2D eigenvalue weighted by atomic mass is 9.71. The van der Waals surface area contributed by atoms with Gasteiger partial charge in [0.05, 0.1) is 31.3 Å². The van der Waals surface area contributed by atoms with Crippen molar-refractivity contribution in [2.45, 2.75) is 51.0 Å². The lowest BCUT2D eigenvalue weighted by Crippen LogP contribution is -2.41. The first-order valence-corrected chi connectivity index (χ1v) is 13.0. The lowest BCUT2D eigenvalue weighted by molar-refractivity contribution is -0.141. The largest absolute Gasteiger partial charge is 0.497 e. The number of pyridine rings is 1. The van der Waals surface area contributed by atoms with Crippen LogP contribution in [0, 0.1) is 28.7 Å². The number of ether oxygens (including phenoxy) is 1. The fourth-order valence-electron chi connectivity index (χ4n) is 5.57. The summed E-state index contributed by atoms with van der Waals surface area (Å²) in [5, 5.41) is 21.1. The number of aromatic nitrogens is 1. The fourth-order valence-corrected chi connectivity index (χ4v) is 5.57. The predicted molar refractivity (Wildman–Crippen MR) is 137 cm³/mol. The second-order valence-corrected chi connectivity index (χ2v) is 10.3. The number of methoxy groups -OCH3 is 1. The number of aliphatic hydroxyl groups is 1. The van der Waals surface area contributed by atoms with E-state index in [1.54, 1.807) is 18.2 Å². The molecule has 210 valence electrons. The van der Waals surface area contributed by atoms with Gasteiger partial charge in [0.15, 0.2) is 17.5 Å². The number of hydrogen-bond acceptors (Lipinski definition) is 5. The third kappa shape index (κ3) is 6.86. The number of rotatable bonds is 11. The summed E-state index contributed by atoms with van der Waals surface area (Å²) in [6, 6.07) is 7.03. The van der Waals surface area contributed by atoms with E-state index < -0.39 is 40.8 Å². The zero-order valence-corrected chi connectivity index (χ0v) is 21.7. The molecule has 3 aromatic rings. The van der Waals surface area contributed by atoms with Gasteiger partial charge in [-0.3, -0.25) is 9.78 Å². The highest BCUT2D eigenvalue weighted by molar-refractivity contribution is 5.84. The van der Waals surface area contributed by atoms with E-state index in [0.29, 0.717) is 74.0 Å². The van der Waals surface area contributed by atoms with Crippen molar-refractivity contribution in [3.63, 3.8) is 0 Å². The van der Waals surface area contributed by atoms with Crippen LogP contribution in [0.2, 0.25) is 0 Å². The number of carboxylic acid groups (broad SMARTS) is 1. The zero-order valence-electron chi connectivity index (χ0n) is 21.7. The van der Waals surface area contributed by atoms with Gasteiger partial charge < -0.3 is 19.8 Å². The minimum Gasteiger partial charge on any atom is -0.497 e. The molecule has 2 heterocycles. The number of carbonyl (C=O) groups is 1. The summed E-state index contributed by atoms with van der Waals surface area (Å²) in [4.78, 5) is 18.0. The van der Waals surface area contributed by atoms with Crippen molar-refractivity contribution in [3.05, 3.63) is 70.9 Å². The molecule has 1 fully saturated rings. The first kappa shape index (κ1) is 28.8. The summed E-state index contributed by atoms with van der Waals surface area (Å²) < 4.78 is 60.1. The molecule has 10 heteroatoms. The molecule has 39 heavy (non-hydrogen) atoms. The Morgan fingerprint density at radius 2 is 1.79 bits per heavy atom. The van der Waals surface area contributed by atoms with Crippen LogP contribution in [0.15, 0.2) is 36.5 Å². The van der Waals surface area contributed by atoms with Crippen LogP contribution in [-0.4, -0.2) is 52.8 Å². The molecule has 1 unspecified atom stereocenters. The van der Waals surface area contributed by atoms with Crippen molar-refractivity contribution in [1.82, 2.24) is 9.88 Å². The van der Waals surface area contributed by atoms with Gasteiger partial charge in [0.1, 0.15) is 11.6 Å². The number of likely N-dealkylation sites (tertiary alicyclic amines) is 1. The van der Waals surface area contributed by atoms with Gasteiger partial charge in [0.25, 0.3) is 0 Å². The number of piperidine rings is 1. The van der Waals surface area contributed by atoms with E-state index in [9.17, 15) is 32.6 Å². The minimum absolute atomic E-state index is 0.0604. The second kappa shape index (κ2) is 12.3. The van der Waals surface area contributed by atoms with Crippen LogP contribution in [0.1, 0.15) is 55.8 Å². The van der Waals surface area contributed by atoms with Crippen LogP contribution in [0.25, 0.3) is 10.9 Å². The van der Waals surface area contributed by atoms with E-state index in [1.807, 2.05) is 0 Å². The Balaban J connectivity index is 1.38. The molecule has 1 aromatic heterocycles. The molecule has 0 radical (unpaired) electrons. The number of fused-ring (bicyclic) bond motifs is 1. The molecule has 0 saturated carbocycles. The summed E-state index contributed by atoms with van der Waals surface area (Å²) in [6.45, 7) is 1.89. The molecular weight excluding hydrogens is 516 g/mol. The Kier molecular flexibility index (Phi) is 9.07. The normalized spacial score (nSPS) is 16.4. The molecule has 2 N–H and O–H groups in total.